The average molecular weight is 497 g/mol. The van der Waals surface area contributed by atoms with Crippen LogP contribution in [0.25, 0.3) is 11.1 Å². The summed E-state index contributed by atoms with van der Waals surface area (Å²) >= 11 is 0. The number of hydrogen-bond acceptors (Lipinski definition) is 4. The number of carbonyl (C=O) groups is 1. The predicted molar refractivity (Wildman–Crippen MR) is 139 cm³/mol. The number of rotatable bonds is 10. The fourth-order valence-corrected chi connectivity index (χ4v) is 6.08. The molecule has 5 nitrogen and oxygen atoms in total. The molecule has 6 heteroatoms. The molecule has 0 aromatic heterocycles. The van der Waals surface area contributed by atoms with Gasteiger partial charge in [0.25, 0.3) is 0 Å². The van der Waals surface area contributed by atoms with Crippen molar-refractivity contribution in [1.29, 1.82) is 0 Å². The highest BCUT2D eigenvalue weighted by atomic mass is 32.2. The Morgan fingerprint density at radius 2 is 1.46 bits per heavy atom. The second kappa shape index (κ2) is 11.5. The Morgan fingerprint density at radius 3 is 2.09 bits per heavy atom. The van der Waals surface area contributed by atoms with E-state index in [1.807, 2.05) is 30.3 Å². The molecule has 1 unspecified atom stereocenters. The van der Waals surface area contributed by atoms with Crippen molar-refractivity contribution in [2.45, 2.75) is 81.2 Å². The third-order valence-electron chi connectivity index (χ3n) is 7.50. The molecule has 0 radical (unpaired) electrons. The van der Waals surface area contributed by atoms with E-state index < -0.39 is 9.84 Å². The van der Waals surface area contributed by atoms with Gasteiger partial charge >= 0.3 is 5.97 Å². The maximum atomic E-state index is 12.9. The van der Waals surface area contributed by atoms with Crippen LogP contribution in [0.4, 0.5) is 0 Å². The Kier molecular flexibility index (Phi) is 8.45. The Hall–Kier alpha value is -2.44. The topological polar surface area (TPSA) is 88.1 Å². The summed E-state index contributed by atoms with van der Waals surface area (Å²) in [6.07, 6.45) is 12.8. The van der Waals surface area contributed by atoms with E-state index in [1.54, 1.807) is 24.3 Å². The summed E-state index contributed by atoms with van der Waals surface area (Å²) in [6.45, 7) is 0. The van der Waals surface area contributed by atoms with Crippen molar-refractivity contribution in [3.8, 4) is 0 Å². The van der Waals surface area contributed by atoms with Gasteiger partial charge in [0.2, 0.25) is 0 Å². The molecule has 0 saturated heterocycles. The number of ether oxygens (including phenoxy) is 1. The normalized spacial score (nSPS) is 22.9. The van der Waals surface area contributed by atoms with E-state index in [4.69, 9.17) is 4.74 Å². The molecule has 0 bridgehead atoms. The van der Waals surface area contributed by atoms with Crippen LogP contribution in [-0.2, 0) is 19.4 Å². The summed E-state index contributed by atoms with van der Waals surface area (Å²) < 4.78 is 29.7. The lowest BCUT2D eigenvalue weighted by molar-refractivity contribution is -0.426. The molecule has 1 fully saturated rings. The van der Waals surface area contributed by atoms with Crippen LogP contribution in [0, 0.1) is 5.92 Å². The van der Waals surface area contributed by atoms with Crippen LogP contribution >= 0.6 is 0 Å². The van der Waals surface area contributed by atoms with Crippen molar-refractivity contribution in [3.63, 3.8) is 0 Å². The molecule has 188 valence electrons. The van der Waals surface area contributed by atoms with Crippen molar-refractivity contribution >= 4 is 27.0 Å². The first-order chi connectivity index (χ1) is 16.8. The number of quaternary nitrogens is 1. The van der Waals surface area contributed by atoms with Crippen molar-refractivity contribution in [3.05, 3.63) is 65.7 Å². The molecule has 3 N–H and O–H groups in total. The van der Waals surface area contributed by atoms with Crippen molar-refractivity contribution in [1.82, 2.24) is 0 Å². The molecule has 2 aromatic rings. The van der Waals surface area contributed by atoms with E-state index in [2.05, 4.69) is 5.73 Å². The highest BCUT2D eigenvalue weighted by Crippen LogP contribution is 2.39. The van der Waals surface area contributed by atoms with E-state index in [9.17, 15) is 13.2 Å². The molecular formula is C29H38NO4S+. The number of hydrogen-bond donors (Lipinski definition) is 1. The van der Waals surface area contributed by atoms with Gasteiger partial charge < -0.3 is 10.5 Å². The zero-order valence-corrected chi connectivity index (χ0v) is 21.6. The molecule has 2 aromatic carbocycles. The van der Waals surface area contributed by atoms with Gasteiger partial charge in [-0.1, -0.05) is 68.1 Å². The molecule has 1 heterocycles. The average Bonchev–Trinajstić information content (AvgIpc) is 3.18. The first-order valence-electron chi connectivity index (χ1n) is 13.0. The fraction of sp³-hybridized carbons (Fsp3) is 0.483. The van der Waals surface area contributed by atoms with E-state index >= 15 is 0 Å². The highest BCUT2D eigenvalue weighted by molar-refractivity contribution is 7.90. The lowest BCUT2D eigenvalue weighted by Gasteiger charge is -2.24. The van der Waals surface area contributed by atoms with Gasteiger partial charge in [-0.3, -0.25) is 0 Å². The molecule has 0 amide bonds. The van der Waals surface area contributed by atoms with Gasteiger partial charge in [0.05, 0.1) is 16.5 Å². The van der Waals surface area contributed by atoms with Gasteiger partial charge in [-0.05, 0) is 67.7 Å². The van der Waals surface area contributed by atoms with Crippen LogP contribution in [0.5, 0.6) is 0 Å². The minimum atomic E-state index is -3.28. The summed E-state index contributed by atoms with van der Waals surface area (Å²) in [4.78, 5) is 13.2. The van der Waals surface area contributed by atoms with E-state index in [1.165, 1.54) is 51.2 Å². The van der Waals surface area contributed by atoms with Gasteiger partial charge in [0.1, 0.15) is 6.10 Å². The van der Waals surface area contributed by atoms with Crippen molar-refractivity contribution < 1.29 is 23.7 Å². The molecule has 35 heavy (non-hydrogen) atoms. The summed E-state index contributed by atoms with van der Waals surface area (Å²) in [7, 11) is -3.28. The van der Waals surface area contributed by atoms with Crippen LogP contribution in [-0.4, -0.2) is 32.8 Å². The number of sulfone groups is 1. The maximum absolute atomic E-state index is 12.9. The number of carbonyl (C=O) groups excluding carboxylic acids is 1. The Morgan fingerprint density at radius 1 is 0.829 bits per heavy atom. The molecule has 1 atom stereocenters. The van der Waals surface area contributed by atoms with E-state index in [-0.39, 0.29) is 17.0 Å². The first kappa shape index (κ1) is 25.6. The minimum Gasteiger partial charge on any atom is -0.454 e. The Bertz CT molecular complexity index is 1130. The van der Waals surface area contributed by atoms with Gasteiger partial charge in [-0.2, -0.15) is 0 Å². The van der Waals surface area contributed by atoms with Gasteiger partial charge in [0.15, 0.2) is 9.84 Å². The monoisotopic (exact) mass is 496 g/mol. The summed E-state index contributed by atoms with van der Waals surface area (Å²) in [6, 6.07) is 17.1. The molecule has 2 aliphatic rings. The van der Waals surface area contributed by atoms with E-state index in [0.717, 1.165) is 41.9 Å². The van der Waals surface area contributed by atoms with Gasteiger partial charge in [-0.15, -0.1) is 0 Å². The smallest absolute Gasteiger partial charge is 0.339 e. The van der Waals surface area contributed by atoms with E-state index in [0.29, 0.717) is 11.6 Å². The lowest BCUT2D eigenvalue weighted by atomic mass is 9.83. The largest absolute Gasteiger partial charge is 0.454 e. The predicted octanol–water partition coefficient (Wildman–Crippen LogP) is 5.07. The minimum absolute atomic E-state index is 0.272. The maximum Gasteiger partial charge on any atom is 0.339 e. The number of benzene rings is 2. The summed E-state index contributed by atoms with van der Waals surface area (Å²) in [5, 5.41) is 0. The quantitative estimate of drug-likeness (QED) is 0.367. The third kappa shape index (κ3) is 6.62. The van der Waals surface area contributed by atoms with Crippen LogP contribution in [0.3, 0.4) is 0 Å². The lowest BCUT2D eigenvalue weighted by Crippen LogP contribution is -2.61. The Labute approximate surface area is 209 Å². The summed E-state index contributed by atoms with van der Waals surface area (Å²) in [5.74, 6) is 0.575. The second-order valence-corrected chi connectivity index (χ2v) is 12.2. The highest BCUT2D eigenvalue weighted by Gasteiger charge is 2.35. The zero-order chi connectivity index (χ0) is 24.8. The molecular weight excluding hydrogens is 458 g/mol. The standard InChI is InChI=1S/C29H37NO4S/c1-35(32,33)25-19-15-23(16-20-25)27-26(34-29(31)28(27)22-10-6-4-7-11-22)12-8-3-2-5-9-21-13-17-24(30)18-14-21/h4,6-7,10-11,15-16,19-21,24,26H,2-3,5,8-9,12-14,17-18,30H2,1H3/p+1. The number of unbranched alkanes of at least 4 members (excludes halogenated alkanes) is 3. The molecule has 4 rings (SSSR count). The SMILES string of the molecule is CS(=O)(=O)c1ccc(C2=C(c3ccccc3)C(=O)OC2CCCCCCC2CCC([NH3+])CC2)cc1. The zero-order valence-electron chi connectivity index (χ0n) is 20.7. The molecule has 0 spiro atoms. The van der Waals surface area contributed by atoms with Crippen LogP contribution in [0.1, 0.15) is 75.3 Å². The second-order valence-electron chi connectivity index (χ2n) is 10.2. The molecule has 1 aliphatic carbocycles. The molecule has 1 saturated carbocycles. The first-order valence-corrected chi connectivity index (χ1v) is 14.9. The van der Waals surface area contributed by atoms with Crippen molar-refractivity contribution in [2.75, 3.05) is 6.26 Å². The van der Waals surface area contributed by atoms with Crippen LogP contribution < -0.4 is 5.73 Å². The van der Waals surface area contributed by atoms with Gasteiger partial charge in [0, 0.05) is 11.8 Å². The number of cyclic esters (lactones) is 1. The van der Waals surface area contributed by atoms with Crippen molar-refractivity contribution in [2.24, 2.45) is 5.92 Å². The Balaban J connectivity index is 1.42. The van der Waals surface area contributed by atoms with Crippen LogP contribution in [0.15, 0.2) is 59.5 Å². The number of esters is 1. The third-order valence-corrected chi connectivity index (χ3v) is 8.62. The van der Waals surface area contributed by atoms with Crippen LogP contribution in [0.2, 0.25) is 0 Å². The fourth-order valence-electron chi connectivity index (χ4n) is 5.45. The summed E-state index contributed by atoms with van der Waals surface area (Å²) in [5.41, 5.74) is 7.32. The molecule has 1 aliphatic heterocycles. The van der Waals surface area contributed by atoms with Gasteiger partial charge in [-0.25, -0.2) is 13.2 Å².